The van der Waals surface area contributed by atoms with E-state index < -0.39 is 41.5 Å². The lowest BCUT2D eigenvalue weighted by Crippen LogP contribution is -2.29. The van der Waals surface area contributed by atoms with Gasteiger partial charge in [0.25, 0.3) is 0 Å². The molecule has 0 fully saturated rings. The highest BCUT2D eigenvalue weighted by Gasteiger charge is 2.39. The lowest BCUT2D eigenvalue weighted by Gasteiger charge is -2.12. The zero-order valence-corrected chi connectivity index (χ0v) is 35.5. The highest BCUT2D eigenvalue weighted by atomic mass is 19.4. The van der Waals surface area contributed by atoms with Crippen LogP contribution in [0.4, 0.5) is 43.4 Å². The summed E-state index contributed by atoms with van der Waals surface area (Å²) < 4.78 is 93.2. The summed E-state index contributed by atoms with van der Waals surface area (Å²) in [5.41, 5.74) is 0.768. The Bertz CT molecular complexity index is 2900. The maximum absolute atomic E-state index is 14.1. The summed E-state index contributed by atoms with van der Waals surface area (Å²) >= 11 is 0. The fourth-order valence-electron chi connectivity index (χ4n) is 6.38. The quantitative estimate of drug-likeness (QED) is 0.0670. The Kier molecular flexibility index (Phi) is 14.0. The number of carbonyl (C=O) groups is 6. The molecule has 0 bridgehead atoms. The molecule has 3 amide bonds. The summed E-state index contributed by atoms with van der Waals surface area (Å²) in [5, 5.41) is 6.13. The second kappa shape index (κ2) is 20.2. The molecule has 0 saturated heterocycles. The molecule has 12 nitrogen and oxygen atoms in total. The van der Waals surface area contributed by atoms with Gasteiger partial charge in [-0.2, -0.15) is 26.3 Å². The monoisotopic (exact) mass is 945 g/mol. The van der Waals surface area contributed by atoms with Gasteiger partial charge < -0.3 is 30.2 Å². The number of benzene rings is 7. The van der Waals surface area contributed by atoms with Gasteiger partial charge in [0.15, 0.2) is 17.3 Å². The molecule has 7 rings (SSSR count). The van der Waals surface area contributed by atoms with Crippen molar-refractivity contribution in [3.8, 4) is 34.5 Å². The molecule has 7 aromatic carbocycles. The van der Waals surface area contributed by atoms with Crippen molar-refractivity contribution in [1.82, 2.24) is 0 Å². The van der Waals surface area contributed by atoms with Gasteiger partial charge in [-0.25, -0.2) is 0 Å². The van der Waals surface area contributed by atoms with Crippen molar-refractivity contribution in [2.75, 3.05) is 16.0 Å². The molecule has 0 unspecified atom stereocenters. The Labute approximate surface area is 387 Å². The first-order valence-corrected chi connectivity index (χ1v) is 20.2. The SMILES string of the molecule is CC(=O)Nc1ccc(Oc2ccc(C(=O)c3cc(C(=O)c4ccc(Oc5ccc(NC(=O)C(F)(F)F)cc5)cc4)cc(C(=O)c4ccc(Oc5ccc(NC(=O)C(F)(F)F)cc5)cc4)c3)cc2)cc1. The molecular formula is C51H33F6N3O9. The molecule has 0 aliphatic rings. The Morgan fingerprint density at radius 1 is 0.333 bits per heavy atom. The van der Waals surface area contributed by atoms with Crippen molar-refractivity contribution in [3.63, 3.8) is 0 Å². The third-order valence-corrected chi connectivity index (χ3v) is 9.69. The maximum atomic E-state index is 14.1. The third-order valence-electron chi connectivity index (χ3n) is 9.69. The molecule has 18 heteroatoms. The van der Waals surface area contributed by atoms with Gasteiger partial charge in [-0.15, -0.1) is 0 Å². The maximum Gasteiger partial charge on any atom is 0.471 e. The molecule has 0 atom stereocenters. The molecule has 69 heavy (non-hydrogen) atoms. The molecule has 0 saturated carbocycles. The predicted molar refractivity (Wildman–Crippen MR) is 239 cm³/mol. The van der Waals surface area contributed by atoms with Crippen molar-refractivity contribution in [3.05, 3.63) is 197 Å². The van der Waals surface area contributed by atoms with E-state index >= 15 is 0 Å². The average Bonchev–Trinajstić information content (AvgIpc) is 3.32. The topological polar surface area (TPSA) is 166 Å². The average molecular weight is 946 g/mol. The number of ketones is 3. The number of alkyl halides is 6. The molecule has 0 aliphatic heterocycles. The van der Waals surface area contributed by atoms with Crippen molar-refractivity contribution < 1.29 is 69.3 Å². The summed E-state index contributed by atoms with van der Waals surface area (Å²) in [7, 11) is 0. The van der Waals surface area contributed by atoms with Crippen LogP contribution in [0.25, 0.3) is 0 Å². The molecule has 0 aromatic heterocycles. The van der Waals surface area contributed by atoms with Crippen LogP contribution in [0.5, 0.6) is 34.5 Å². The van der Waals surface area contributed by atoms with E-state index in [-0.39, 0.29) is 73.7 Å². The van der Waals surface area contributed by atoms with Crippen molar-refractivity contribution in [2.24, 2.45) is 0 Å². The fraction of sp³-hybridized carbons (Fsp3) is 0.0588. The highest BCUT2D eigenvalue weighted by Crippen LogP contribution is 2.30. The number of anilines is 3. The van der Waals surface area contributed by atoms with E-state index in [0.29, 0.717) is 17.2 Å². The van der Waals surface area contributed by atoms with E-state index in [0.717, 1.165) is 0 Å². The van der Waals surface area contributed by atoms with Gasteiger partial charge in [0, 0.05) is 57.4 Å². The summed E-state index contributed by atoms with van der Waals surface area (Å²) in [6.07, 6.45) is -10.1. The standard InChI is InChI=1S/C51H33F6N3O9/c1-29(61)58-36-8-20-42(21-9-36)67-39-14-2-30(3-15-39)45(62)33-26-34(46(63)31-4-16-40(17-5-31)68-43-22-10-37(11-23-43)59-48(65)50(52,53)54)28-35(27-33)47(64)32-6-18-41(19-7-32)69-44-24-12-38(13-25-44)60-49(66)51(55,56)57/h2-28H,1H3,(H,58,61)(H,59,65)(H,60,66). The number of hydrogen-bond donors (Lipinski definition) is 3. The number of rotatable bonds is 15. The smallest absolute Gasteiger partial charge is 0.457 e. The zero-order valence-electron chi connectivity index (χ0n) is 35.5. The Morgan fingerprint density at radius 2 is 0.551 bits per heavy atom. The van der Waals surface area contributed by atoms with Gasteiger partial charge in [-0.1, -0.05) is 0 Å². The zero-order chi connectivity index (χ0) is 49.5. The number of hydrogen-bond acceptors (Lipinski definition) is 9. The van der Waals surface area contributed by atoms with Gasteiger partial charge in [-0.3, -0.25) is 28.8 Å². The van der Waals surface area contributed by atoms with Crippen molar-refractivity contribution >= 4 is 52.1 Å². The lowest BCUT2D eigenvalue weighted by atomic mass is 9.92. The van der Waals surface area contributed by atoms with E-state index in [9.17, 15) is 55.1 Å². The molecule has 7 aromatic rings. The van der Waals surface area contributed by atoms with E-state index in [1.54, 1.807) is 47.0 Å². The predicted octanol–water partition coefficient (Wildman–Crippen LogP) is 11.7. The molecule has 0 radical (unpaired) electrons. The summed E-state index contributed by atoms with van der Waals surface area (Å²) in [5.74, 6) is -4.45. The van der Waals surface area contributed by atoms with Gasteiger partial charge in [-0.05, 0) is 164 Å². The van der Waals surface area contributed by atoms with Gasteiger partial charge >= 0.3 is 24.2 Å². The van der Waals surface area contributed by atoms with Crippen molar-refractivity contribution in [2.45, 2.75) is 19.3 Å². The highest BCUT2D eigenvalue weighted by molar-refractivity contribution is 6.17. The van der Waals surface area contributed by atoms with Crippen LogP contribution >= 0.6 is 0 Å². The minimum absolute atomic E-state index is 0.00363. The summed E-state index contributed by atoms with van der Waals surface area (Å²) in [4.78, 5) is 76.1. The van der Waals surface area contributed by atoms with E-state index in [2.05, 4.69) is 5.32 Å². The molecule has 3 N–H and O–H groups in total. The Hall–Kier alpha value is -9.06. The first-order valence-electron chi connectivity index (χ1n) is 20.2. The van der Waals surface area contributed by atoms with Gasteiger partial charge in [0.05, 0.1) is 0 Å². The minimum Gasteiger partial charge on any atom is -0.457 e. The number of amides is 3. The van der Waals surface area contributed by atoms with E-state index in [1.807, 2.05) is 0 Å². The second-order valence-electron chi connectivity index (χ2n) is 14.8. The van der Waals surface area contributed by atoms with Crippen LogP contribution in [0.3, 0.4) is 0 Å². The minimum atomic E-state index is -5.07. The Balaban J connectivity index is 1.11. The van der Waals surface area contributed by atoms with E-state index in [1.165, 1.54) is 134 Å². The number of halogens is 6. The molecule has 0 heterocycles. The summed E-state index contributed by atoms with van der Waals surface area (Å²) in [6.45, 7) is 1.38. The van der Waals surface area contributed by atoms with Crippen molar-refractivity contribution in [1.29, 1.82) is 0 Å². The molecular weight excluding hydrogens is 913 g/mol. The molecule has 0 spiro atoms. The number of carbonyl (C=O) groups excluding carboxylic acids is 6. The third kappa shape index (κ3) is 12.6. The van der Waals surface area contributed by atoms with Crippen LogP contribution < -0.4 is 30.2 Å². The fourth-order valence-corrected chi connectivity index (χ4v) is 6.38. The summed E-state index contributed by atoms with van der Waals surface area (Å²) in [6, 6.07) is 38.5. The normalized spacial score (nSPS) is 11.2. The first kappa shape index (κ1) is 47.9. The van der Waals surface area contributed by atoms with E-state index in [4.69, 9.17) is 14.2 Å². The van der Waals surface area contributed by atoms with Gasteiger partial charge in [0.1, 0.15) is 34.5 Å². The second-order valence-corrected chi connectivity index (χ2v) is 14.8. The number of nitrogens with one attached hydrogen (secondary N) is 3. The van der Waals surface area contributed by atoms with Crippen LogP contribution in [0.1, 0.15) is 54.7 Å². The van der Waals surface area contributed by atoms with Gasteiger partial charge in [0.2, 0.25) is 5.91 Å². The molecule has 0 aliphatic carbocycles. The molecule has 348 valence electrons. The van der Waals surface area contributed by atoms with Crippen LogP contribution in [0.2, 0.25) is 0 Å². The largest absolute Gasteiger partial charge is 0.471 e. The Morgan fingerprint density at radius 3 is 0.768 bits per heavy atom. The van der Waals surface area contributed by atoms with Crippen LogP contribution in [0, 0.1) is 0 Å². The van der Waals surface area contributed by atoms with Crippen LogP contribution in [0.15, 0.2) is 164 Å². The first-order chi connectivity index (χ1) is 32.8. The van der Waals surface area contributed by atoms with Crippen LogP contribution in [-0.2, 0) is 14.4 Å². The van der Waals surface area contributed by atoms with Crippen LogP contribution in [-0.4, -0.2) is 47.4 Å². The lowest BCUT2D eigenvalue weighted by molar-refractivity contribution is -0.167. The number of ether oxygens (including phenoxy) is 3.